The van der Waals surface area contributed by atoms with Crippen LogP contribution in [0.5, 0.6) is 0 Å². The molecule has 2 nitrogen and oxygen atoms in total. The molecule has 0 radical (unpaired) electrons. The third-order valence-electron chi connectivity index (χ3n) is 7.21. The molecule has 0 amide bonds. The van der Waals surface area contributed by atoms with Crippen LogP contribution in [0.4, 0.5) is 0 Å². The van der Waals surface area contributed by atoms with Crippen molar-refractivity contribution in [2.24, 2.45) is 0 Å². The first-order valence-electron chi connectivity index (χ1n) is 14.3. The van der Waals surface area contributed by atoms with Gasteiger partial charge >= 0.3 is 193 Å². The van der Waals surface area contributed by atoms with Gasteiger partial charge in [0, 0.05) is 0 Å². The van der Waals surface area contributed by atoms with Gasteiger partial charge in [-0.25, -0.2) is 0 Å². The summed E-state index contributed by atoms with van der Waals surface area (Å²) < 4.78 is 5.69. The van der Waals surface area contributed by atoms with E-state index in [1.807, 2.05) is 30.3 Å². The molecule has 0 aliphatic carbocycles. The van der Waals surface area contributed by atoms with Crippen molar-refractivity contribution in [1.82, 2.24) is 9.13 Å². The summed E-state index contributed by atoms with van der Waals surface area (Å²) in [5.41, 5.74) is 9.36. The first-order valence-corrected chi connectivity index (χ1v) is 15.5. The Balaban J connectivity index is 0.000000371. The molecule has 4 heteroatoms. The summed E-state index contributed by atoms with van der Waals surface area (Å²) in [6.45, 7) is 21.9. The fraction of sp³-hybridized carbons (Fsp3) is 0.361. The van der Waals surface area contributed by atoms with Gasteiger partial charge in [-0.3, -0.25) is 0 Å². The van der Waals surface area contributed by atoms with Crippen LogP contribution in [0.25, 0.3) is 11.4 Å². The van der Waals surface area contributed by atoms with Crippen LogP contribution in [0, 0.1) is 3.89 Å². The van der Waals surface area contributed by atoms with Crippen LogP contribution >= 0.6 is 11.6 Å². The van der Waals surface area contributed by atoms with Crippen molar-refractivity contribution in [3.05, 3.63) is 123 Å². The topological polar surface area (TPSA) is 9.86 Å². The maximum absolute atomic E-state index is 5.87. The fourth-order valence-corrected chi connectivity index (χ4v) is 6.06. The maximum atomic E-state index is 5.87. The number of benzene rings is 3. The number of allylic oxidation sites excluding steroid dienone is 1. The van der Waals surface area contributed by atoms with Gasteiger partial charge in [0.05, 0.1) is 5.38 Å². The van der Waals surface area contributed by atoms with Gasteiger partial charge in [-0.05, 0) is 5.56 Å². The fourth-order valence-electron chi connectivity index (χ4n) is 5.31. The molecule has 0 fully saturated rings. The molecule has 0 saturated heterocycles. The van der Waals surface area contributed by atoms with E-state index in [-0.39, 0.29) is 5.38 Å². The predicted octanol–water partition coefficient (Wildman–Crippen LogP) is 11.0. The van der Waals surface area contributed by atoms with E-state index in [9.17, 15) is 0 Å². The average Bonchev–Trinajstić information content (AvgIpc) is 3.32. The summed E-state index contributed by atoms with van der Waals surface area (Å²) in [7, 11) is 0. The van der Waals surface area contributed by atoms with E-state index in [1.165, 1.54) is 33.6 Å². The molecule has 1 unspecified atom stereocenters. The molecule has 3 aromatic carbocycles. The first kappa shape index (κ1) is 32.1. The van der Waals surface area contributed by atoms with E-state index < -0.39 is 0 Å². The summed E-state index contributed by atoms with van der Waals surface area (Å²) >= 11 is 9.47. The van der Waals surface area contributed by atoms with Crippen LogP contribution in [0.3, 0.4) is 0 Å². The molecule has 4 aromatic rings. The van der Waals surface area contributed by atoms with Gasteiger partial charge in [0.1, 0.15) is 0 Å². The van der Waals surface area contributed by atoms with Crippen molar-refractivity contribution in [2.45, 2.75) is 84.4 Å². The van der Waals surface area contributed by atoms with Crippen LogP contribution in [-0.2, 0) is 18.7 Å². The van der Waals surface area contributed by atoms with E-state index in [2.05, 4.69) is 139 Å². The van der Waals surface area contributed by atoms with Crippen LogP contribution in [0.15, 0.2) is 91.8 Å². The zero-order chi connectivity index (χ0) is 29.6. The second-order valence-corrected chi connectivity index (χ2v) is 12.7. The molecule has 0 aliphatic rings. The van der Waals surface area contributed by atoms with E-state index in [4.69, 9.17) is 11.6 Å². The molecule has 0 spiro atoms. The van der Waals surface area contributed by atoms with Gasteiger partial charge in [-0.2, -0.15) is 0 Å². The number of hydrogen-bond donors (Lipinski definition) is 0. The molecule has 216 valence electrons. The molecule has 1 heterocycles. The Hall–Kier alpha value is -2.44. The van der Waals surface area contributed by atoms with Crippen molar-refractivity contribution in [3.63, 3.8) is 0 Å². The molecule has 4 rings (SSSR count). The van der Waals surface area contributed by atoms with Crippen LogP contribution in [0.1, 0.15) is 112 Å². The van der Waals surface area contributed by atoms with E-state index >= 15 is 0 Å². The van der Waals surface area contributed by atoms with Crippen LogP contribution in [0.2, 0.25) is 0 Å². The summed E-state index contributed by atoms with van der Waals surface area (Å²) in [6.07, 6.45) is 6.10. The summed E-state index contributed by atoms with van der Waals surface area (Å²) in [5, 5.41) is -0.0544. The SMILES string of the molecule is C=CC(Cl)c1ccccc1.CC(C)c1cccc(-n2ccn(-c3cccc(C(C)C)c3C(C)C)[c]2=[Pd])c1C(C)C. The summed E-state index contributed by atoms with van der Waals surface area (Å²) in [5.74, 6) is 1.92. The van der Waals surface area contributed by atoms with Crippen LogP contribution < -0.4 is 0 Å². The third kappa shape index (κ3) is 7.25. The van der Waals surface area contributed by atoms with Crippen molar-refractivity contribution >= 4 is 11.6 Å². The number of rotatable bonds is 8. The number of imidazole rings is 1. The molecule has 40 heavy (non-hydrogen) atoms. The number of nitrogens with zero attached hydrogens (tertiary/aromatic N) is 2. The van der Waals surface area contributed by atoms with Crippen molar-refractivity contribution in [2.75, 3.05) is 0 Å². The predicted molar refractivity (Wildman–Crippen MR) is 170 cm³/mol. The third-order valence-corrected chi connectivity index (χ3v) is 8.39. The normalized spacial score (nSPS) is 12.2. The standard InChI is InChI=1S/C27H36N2.C9H9Cl.Pd/c1-18(2)22-11-9-13-24(26(22)20(5)6)28-15-16-29(17-28)25-14-10-12-23(19(3)4)27(25)21(7)8;1-2-9(10)8-6-4-3-5-7-8;/h9-16,18-21H,1-8H3;2-7,9H,1H2;. The Labute approximate surface area is 257 Å². The van der Waals surface area contributed by atoms with Crippen molar-refractivity contribution < 1.29 is 18.7 Å². The second kappa shape index (κ2) is 14.5. The van der Waals surface area contributed by atoms with Crippen LogP contribution in [-0.4, -0.2) is 9.13 Å². The second-order valence-electron chi connectivity index (χ2n) is 11.5. The van der Waals surface area contributed by atoms with Gasteiger partial charge in [-0.1, -0.05) is 36.4 Å². The summed E-state index contributed by atoms with van der Waals surface area (Å²) in [6, 6.07) is 23.3. The average molecular weight is 648 g/mol. The Morgan fingerprint density at radius 2 is 1.05 bits per heavy atom. The molecule has 0 aliphatic heterocycles. The van der Waals surface area contributed by atoms with E-state index in [1.54, 1.807) is 6.08 Å². The van der Waals surface area contributed by atoms with Gasteiger partial charge in [0.25, 0.3) is 0 Å². The number of aromatic nitrogens is 2. The number of halogens is 1. The van der Waals surface area contributed by atoms with E-state index in [0.717, 1.165) is 9.45 Å². The molecular formula is C36H45ClN2Pd. The minimum atomic E-state index is -0.0544. The quantitative estimate of drug-likeness (QED) is 0.102. The summed E-state index contributed by atoms with van der Waals surface area (Å²) in [4.78, 5) is 0. The number of hydrogen-bond acceptors (Lipinski definition) is 0. The molecular weight excluding hydrogens is 602 g/mol. The van der Waals surface area contributed by atoms with Crippen molar-refractivity contribution in [1.29, 1.82) is 0 Å². The monoisotopic (exact) mass is 646 g/mol. The van der Waals surface area contributed by atoms with Gasteiger partial charge in [0.2, 0.25) is 0 Å². The molecule has 1 aromatic heterocycles. The van der Waals surface area contributed by atoms with Gasteiger partial charge in [0.15, 0.2) is 0 Å². The first-order chi connectivity index (χ1) is 19.0. The Bertz CT molecular complexity index is 1370. The van der Waals surface area contributed by atoms with Gasteiger partial charge < -0.3 is 0 Å². The molecule has 0 saturated carbocycles. The van der Waals surface area contributed by atoms with Crippen molar-refractivity contribution in [3.8, 4) is 11.4 Å². The zero-order valence-corrected chi connectivity index (χ0v) is 27.6. The van der Waals surface area contributed by atoms with Gasteiger partial charge in [-0.15, -0.1) is 18.2 Å². The number of alkyl halides is 1. The Morgan fingerprint density at radius 3 is 1.40 bits per heavy atom. The zero-order valence-electron chi connectivity index (χ0n) is 25.3. The minimum absolute atomic E-state index is 0.0544. The Morgan fingerprint density at radius 1 is 0.625 bits per heavy atom. The molecule has 0 bridgehead atoms. The molecule has 1 atom stereocenters. The Kier molecular flexibility index (Phi) is 11.6. The molecule has 0 N–H and O–H groups in total. The van der Waals surface area contributed by atoms with E-state index in [0.29, 0.717) is 23.7 Å².